The summed E-state index contributed by atoms with van der Waals surface area (Å²) in [6, 6.07) is 15.1. The molecule has 1 heterocycles. The number of ether oxygens (including phenoxy) is 3. The van der Waals surface area contributed by atoms with Crippen LogP contribution >= 0.6 is 0 Å². The third-order valence-corrected chi connectivity index (χ3v) is 7.92. The van der Waals surface area contributed by atoms with Crippen molar-refractivity contribution in [2.45, 2.75) is 84.3 Å². The molecule has 0 aromatic heterocycles. The van der Waals surface area contributed by atoms with Gasteiger partial charge in [-0.3, -0.25) is 0 Å². The van der Waals surface area contributed by atoms with Crippen molar-refractivity contribution < 1.29 is 27.4 Å². The van der Waals surface area contributed by atoms with Crippen LogP contribution in [-0.2, 0) is 9.47 Å². The molecule has 3 aromatic rings. The average Bonchev–Trinajstić information content (AvgIpc) is 3.03. The Morgan fingerprint density at radius 2 is 1.37 bits per heavy atom. The summed E-state index contributed by atoms with van der Waals surface area (Å²) < 4.78 is 61.8. The normalized spacial score (nSPS) is 17.0. The van der Waals surface area contributed by atoms with Gasteiger partial charge in [0.2, 0.25) is 5.82 Å². The van der Waals surface area contributed by atoms with Crippen LogP contribution in [0.4, 0.5) is 13.2 Å². The SMILES string of the molecule is CCCCCCCCOc1ccc(-c2ccc(-c3ccc(C=CC4COC(CCCCC)OC4)c(F)c3)cc2)c(F)c1F. The van der Waals surface area contributed by atoms with Gasteiger partial charge in [-0.1, -0.05) is 107 Å². The molecule has 0 saturated carbocycles. The van der Waals surface area contributed by atoms with Crippen LogP contribution in [0.3, 0.4) is 0 Å². The lowest BCUT2D eigenvalue weighted by atomic mass is 9.98. The van der Waals surface area contributed by atoms with E-state index in [2.05, 4.69) is 13.8 Å². The van der Waals surface area contributed by atoms with Gasteiger partial charge >= 0.3 is 0 Å². The highest BCUT2D eigenvalue weighted by Gasteiger charge is 2.20. The number of hydrogen-bond donors (Lipinski definition) is 0. The lowest BCUT2D eigenvalue weighted by Crippen LogP contribution is -2.31. The van der Waals surface area contributed by atoms with Gasteiger partial charge in [0.15, 0.2) is 17.9 Å². The van der Waals surface area contributed by atoms with E-state index < -0.39 is 11.6 Å². The van der Waals surface area contributed by atoms with Crippen molar-refractivity contribution in [3.63, 3.8) is 0 Å². The van der Waals surface area contributed by atoms with Gasteiger partial charge in [0, 0.05) is 17.0 Å². The average molecular weight is 595 g/mol. The zero-order valence-electron chi connectivity index (χ0n) is 25.6. The molecular weight excluding hydrogens is 549 g/mol. The summed E-state index contributed by atoms with van der Waals surface area (Å²) in [6.07, 6.45) is 14.5. The second-order valence-corrected chi connectivity index (χ2v) is 11.4. The summed E-state index contributed by atoms with van der Waals surface area (Å²) in [6.45, 7) is 5.85. The molecular formula is C37H45F3O3. The maximum Gasteiger partial charge on any atom is 0.201 e. The standard InChI is InChI=1S/C37H45F3O3/c1-3-5-7-8-9-11-23-41-34-22-21-32(36(39)37(34)40)29-17-15-28(16-18-29)31-20-19-30(33(38)24-31)14-13-27-25-42-35(43-26-27)12-10-6-4-2/h13-22,24,27,35H,3-12,23,25-26H2,1-2H3. The number of rotatable bonds is 16. The van der Waals surface area contributed by atoms with E-state index in [9.17, 15) is 13.2 Å². The van der Waals surface area contributed by atoms with Crippen LogP contribution in [0, 0.1) is 23.4 Å². The maximum atomic E-state index is 15.0. The summed E-state index contributed by atoms with van der Waals surface area (Å²) in [7, 11) is 0. The van der Waals surface area contributed by atoms with Gasteiger partial charge in [0.1, 0.15) is 5.82 Å². The molecule has 6 heteroatoms. The molecule has 4 rings (SSSR count). The molecule has 0 aliphatic carbocycles. The highest BCUT2D eigenvalue weighted by molar-refractivity contribution is 5.72. The highest BCUT2D eigenvalue weighted by atomic mass is 19.2. The minimum absolute atomic E-state index is 0.0637. The second kappa shape index (κ2) is 17.3. The second-order valence-electron chi connectivity index (χ2n) is 11.4. The van der Waals surface area contributed by atoms with Gasteiger partial charge in [-0.15, -0.1) is 0 Å². The van der Waals surface area contributed by atoms with Gasteiger partial charge < -0.3 is 14.2 Å². The molecule has 3 aromatic carbocycles. The molecule has 1 aliphatic rings. The van der Waals surface area contributed by atoms with Crippen molar-refractivity contribution in [3.05, 3.63) is 83.7 Å². The van der Waals surface area contributed by atoms with E-state index in [1.807, 2.05) is 12.1 Å². The van der Waals surface area contributed by atoms with Gasteiger partial charge in [0.05, 0.1) is 19.8 Å². The Hall–Kier alpha value is -3.09. The number of hydrogen-bond acceptors (Lipinski definition) is 3. The Kier molecular flexibility index (Phi) is 13.2. The van der Waals surface area contributed by atoms with Crippen molar-refractivity contribution in [1.82, 2.24) is 0 Å². The van der Waals surface area contributed by atoms with Crippen molar-refractivity contribution >= 4 is 6.08 Å². The summed E-state index contributed by atoms with van der Waals surface area (Å²) in [5.74, 6) is -2.23. The lowest BCUT2D eigenvalue weighted by molar-refractivity contribution is -0.195. The number of unbranched alkanes of at least 4 members (excludes halogenated alkanes) is 7. The third kappa shape index (κ3) is 9.70. The zero-order valence-corrected chi connectivity index (χ0v) is 25.6. The van der Waals surface area contributed by atoms with E-state index in [-0.39, 0.29) is 29.3 Å². The first-order valence-electron chi connectivity index (χ1n) is 15.9. The Bertz CT molecular complexity index is 1300. The van der Waals surface area contributed by atoms with Crippen molar-refractivity contribution in [3.8, 4) is 28.0 Å². The van der Waals surface area contributed by atoms with Crippen LogP contribution in [0.2, 0.25) is 0 Å². The summed E-state index contributed by atoms with van der Waals surface area (Å²) in [5, 5.41) is 0. The summed E-state index contributed by atoms with van der Waals surface area (Å²) >= 11 is 0. The van der Waals surface area contributed by atoms with Crippen LogP contribution in [0.15, 0.2) is 60.7 Å². The van der Waals surface area contributed by atoms with E-state index >= 15 is 0 Å². The first-order chi connectivity index (χ1) is 21.0. The van der Waals surface area contributed by atoms with Crippen molar-refractivity contribution in [2.75, 3.05) is 19.8 Å². The van der Waals surface area contributed by atoms with Gasteiger partial charge in [-0.2, -0.15) is 4.39 Å². The maximum absolute atomic E-state index is 15.0. The first kappa shape index (κ1) is 32.8. The summed E-state index contributed by atoms with van der Waals surface area (Å²) in [4.78, 5) is 0. The van der Waals surface area contributed by atoms with E-state index in [1.54, 1.807) is 42.5 Å². The number of halogens is 3. The fourth-order valence-electron chi connectivity index (χ4n) is 5.25. The van der Waals surface area contributed by atoms with Gasteiger partial charge in [-0.25, -0.2) is 8.78 Å². The lowest BCUT2D eigenvalue weighted by Gasteiger charge is -2.28. The molecule has 43 heavy (non-hydrogen) atoms. The number of benzene rings is 3. The van der Waals surface area contributed by atoms with Crippen LogP contribution in [0.5, 0.6) is 5.75 Å². The molecule has 232 valence electrons. The molecule has 0 N–H and O–H groups in total. The van der Waals surface area contributed by atoms with Crippen LogP contribution in [-0.4, -0.2) is 26.1 Å². The van der Waals surface area contributed by atoms with Crippen LogP contribution < -0.4 is 4.74 Å². The molecule has 1 aliphatic heterocycles. The quantitative estimate of drug-likeness (QED) is 0.154. The fourth-order valence-corrected chi connectivity index (χ4v) is 5.25. The zero-order chi connectivity index (χ0) is 30.4. The molecule has 0 amide bonds. The Morgan fingerprint density at radius 1 is 0.721 bits per heavy atom. The minimum Gasteiger partial charge on any atom is -0.490 e. The van der Waals surface area contributed by atoms with Crippen molar-refractivity contribution in [2.24, 2.45) is 5.92 Å². The Balaban J connectivity index is 1.32. The predicted octanol–water partition coefficient (Wildman–Crippen LogP) is 10.8. The molecule has 0 unspecified atom stereocenters. The topological polar surface area (TPSA) is 27.7 Å². The third-order valence-electron chi connectivity index (χ3n) is 7.92. The van der Waals surface area contributed by atoms with E-state index in [1.165, 1.54) is 44.2 Å². The molecule has 0 atom stereocenters. The first-order valence-corrected chi connectivity index (χ1v) is 15.9. The van der Waals surface area contributed by atoms with E-state index in [0.717, 1.165) is 37.7 Å². The van der Waals surface area contributed by atoms with Gasteiger partial charge in [-0.05, 0) is 54.2 Å². The molecule has 3 nitrogen and oxygen atoms in total. The fraction of sp³-hybridized carbons (Fsp3) is 0.459. The van der Waals surface area contributed by atoms with Crippen molar-refractivity contribution in [1.29, 1.82) is 0 Å². The highest BCUT2D eigenvalue weighted by Crippen LogP contribution is 2.32. The Morgan fingerprint density at radius 3 is 2.09 bits per heavy atom. The van der Waals surface area contributed by atoms with E-state index in [0.29, 0.717) is 36.5 Å². The molecule has 1 fully saturated rings. The monoisotopic (exact) mass is 594 g/mol. The largest absolute Gasteiger partial charge is 0.490 e. The molecule has 1 saturated heterocycles. The molecule has 0 radical (unpaired) electrons. The van der Waals surface area contributed by atoms with Crippen LogP contribution in [0.1, 0.15) is 83.6 Å². The smallest absolute Gasteiger partial charge is 0.201 e. The minimum atomic E-state index is -0.976. The Labute approximate surface area is 255 Å². The summed E-state index contributed by atoms with van der Waals surface area (Å²) in [5.41, 5.74) is 2.66. The predicted molar refractivity (Wildman–Crippen MR) is 168 cm³/mol. The van der Waals surface area contributed by atoms with Gasteiger partial charge in [0.25, 0.3) is 0 Å². The van der Waals surface area contributed by atoms with Crippen LogP contribution in [0.25, 0.3) is 28.3 Å². The van der Waals surface area contributed by atoms with E-state index in [4.69, 9.17) is 14.2 Å². The molecule has 0 bridgehead atoms. The molecule has 0 spiro atoms.